The van der Waals surface area contributed by atoms with Gasteiger partial charge < -0.3 is 0 Å². The molecule has 0 atom stereocenters. The molecule has 0 radical (unpaired) electrons. The molecule has 0 aliphatic carbocycles. The van der Waals surface area contributed by atoms with Crippen molar-refractivity contribution in [2.45, 2.75) is 317 Å². The Morgan fingerprint density at radius 2 is 0.355 bits per heavy atom. The van der Waals surface area contributed by atoms with Gasteiger partial charge in [0.2, 0.25) is 0 Å². The van der Waals surface area contributed by atoms with Crippen LogP contribution in [0.2, 0.25) is 0 Å². The zero-order valence-corrected chi connectivity index (χ0v) is 76.9. The molecule has 110 heavy (non-hydrogen) atoms. The average Bonchev–Trinajstić information content (AvgIpc) is 0.761. The average molecular weight is 1470 g/mol. The molecule has 0 N–H and O–H groups in total. The van der Waals surface area contributed by atoms with Gasteiger partial charge >= 0.3 is 0 Å². The molecule has 0 amide bonds. The molecule has 12 aromatic rings. The molecule has 592 valence electrons. The van der Waals surface area contributed by atoms with E-state index in [0.717, 1.165) is 0 Å². The van der Waals surface area contributed by atoms with E-state index in [9.17, 15) is 0 Å². The predicted octanol–water partition coefficient (Wildman–Crippen LogP) is 34.1. The van der Waals surface area contributed by atoms with Crippen molar-refractivity contribution in [2.24, 2.45) is 10.8 Å². The summed E-state index contributed by atoms with van der Waals surface area (Å²) >= 11 is 0. The first-order valence-corrected chi connectivity index (χ1v) is 41.1. The minimum Gasteiger partial charge on any atom is -0.0616 e. The topological polar surface area (TPSA) is 0 Å². The van der Waals surface area contributed by atoms with Crippen LogP contribution in [0, 0.1) is 10.8 Å². The Bertz CT molecular complexity index is 4570. The molecule has 12 aromatic carbocycles. The van der Waals surface area contributed by atoms with Crippen LogP contribution in [0.5, 0.6) is 0 Å². The van der Waals surface area contributed by atoms with E-state index in [4.69, 9.17) is 0 Å². The van der Waals surface area contributed by atoms with Gasteiger partial charge in [-0.05, 0) is 185 Å². The predicted molar refractivity (Wildman–Crippen MR) is 501 cm³/mol. The largest absolute Gasteiger partial charge is 0.0616 e. The van der Waals surface area contributed by atoms with Crippen LogP contribution in [0.25, 0.3) is 64.6 Å². The van der Waals surface area contributed by atoms with E-state index < -0.39 is 0 Å². The zero-order chi connectivity index (χ0) is 83.6. The normalized spacial score (nSPS) is 12.6. The second-order valence-corrected chi connectivity index (χ2v) is 44.5. The summed E-state index contributed by atoms with van der Waals surface area (Å²) < 4.78 is 0. The van der Waals surface area contributed by atoms with E-state index in [-0.39, 0.29) is 54.1 Å². The summed E-state index contributed by atoms with van der Waals surface area (Å²) in [5, 5.41) is 16.5. The standard InChI is InChI=1S/5C18H24.C10H8.2C5H12/c1-17(2,3)15-11-7-10-14-13(15)9-8-12-16(14)18(4,5)6;1-17(2,3)14-11-7-9-13-10-8-12-15(16(13)14)18(4,5)6;1-17(2,3)14-10-11-15-13(12-14)8-7-9-16(15)18(4,5)6;1-17(2,3)14-11-10-13-8-7-9-16(15(13)12-14)18(4,5)6;1-17(2,3)15-11-12-16(18(4,5)6)14-10-8-7-9-13(14)15;1-2-6-10-8-4-3-7-9(10)5-1;2*1-5(2,3)4/h5*7-12H,1-6H3;1-8H;2*1-4H3. The van der Waals surface area contributed by atoms with Crippen molar-refractivity contribution >= 4 is 64.6 Å². The lowest BCUT2D eigenvalue weighted by molar-refractivity contribution is 0.469. The van der Waals surface area contributed by atoms with E-state index >= 15 is 0 Å². The Kier molecular flexibility index (Phi) is 30.3. The Morgan fingerprint density at radius 1 is 0.136 bits per heavy atom. The minimum atomic E-state index is 0.181. The molecule has 0 heteroatoms. The maximum atomic E-state index is 2.37. The molecule has 0 fully saturated rings. The molecular formula is C110H152. The maximum absolute atomic E-state index is 2.37. The fourth-order valence-corrected chi connectivity index (χ4v) is 13.7. The fraction of sp³-hybridized carbons (Fsp3) is 0.455. The molecule has 0 aromatic heterocycles. The molecule has 0 nitrogen and oxygen atoms in total. The van der Waals surface area contributed by atoms with Crippen molar-refractivity contribution in [3.05, 3.63) is 286 Å². The van der Waals surface area contributed by atoms with Crippen LogP contribution in [-0.2, 0) is 54.1 Å². The Morgan fingerprint density at radius 3 is 0.664 bits per heavy atom. The molecule has 0 aliphatic rings. The molecule has 0 unspecified atom stereocenters. The third-order valence-corrected chi connectivity index (χ3v) is 19.4. The van der Waals surface area contributed by atoms with Gasteiger partial charge in [-0.1, -0.05) is 494 Å². The molecular weight excluding hydrogens is 1320 g/mol. The van der Waals surface area contributed by atoms with E-state index in [0.29, 0.717) is 10.8 Å². The Labute approximate surface area is 674 Å². The first-order chi connectivity index (χ1) is 50.0. The van der Waals surface area contributed by atoms with Crippen LogP contribution in [0.1, 0.15) is 319 Å². The Hall–Kier alpha value is -7.80. The molecule has 0 bridgehead atoms. The number of benzene rings is 12. The lowest BCUT2D eigenvalue weighted by Crippen LogP contribution is -2.17. The Balaban J connectivity index is 0.000000232. The van der Waals surface area contributed by atoms with Gasteiger partial charge in [0.15, 0.2) is 0 Å². The lowest BCUT2D eigenvalue weighted by Gasteiger charge is -2.27. The van der Waals surface area contributed by atoms with Crippen molar-refractivity contribution in [1.29, 1.82) is 0 Å². The first kappa shape index (κ1) is 92.8. The minimum absolute atomic E-state index is 0.181. The van der Waals surface area contributed by atoms with Gasteiger partial charge in [-0.3, -0.25) is 0 Å². The summed E-state index contributed by atoms with van der Waals surface area (Å²) in [7, 11) is 0. The molecule has 12 rings (SSSR count). The van der Waals surface area contributed by atoms with Gasteiger partial charge in [-0.25, -0.2) is 0 Å². The smallest absolute Gasteiger partial charge is 0.0109 e. The summed E-state index contributed by atoms with van der Waals surface area (Å²) in [6, 6.07) is 83.9. The van der Waals surface area contributed by atoms with E-state index in [1.54, 1.807) is 0 Å². The van der Waals surface area contributed by atoms with Gasteiger partial charge in [0, 0.05) is 0 Å². The van der Waals surface area contributed by atoms with Gasteiger partial charge in [0.05, 0.1) is 0 Å². The van der Waals surface area contributed by atoms with Crippen LogP contribution in [-0.4, -0.2) is 0 Å². The highest BCUT2D eigenvalue weighted by Crippen LogP contribution is 2.41. The maximum Gasteiger partial charge on any atom is -0.0109 e. The molecule has 0 spiro atoms. The first-order valence-electron chi connectivity index (χ1n) is 41.1. The van der Waals surface area contributed by atoms with Crippen molar-refractivity contribution in [3.8, 4) is 0 Å². The summed E-state index contributed by atoms with van der Waals surface area (Å²) in [5.41, 5.74) is 17.3. The highest BCUT2D eigenvalue weighted by Gasteiger charge is 2.27. The SMILES string of the molecule is CC(C)(C)C.CC(C)(C)C.CC(C)(C)c1ccc(C(C)(C)C)c2ccccc12.CC(C)(C)c1ccc2c(C(C)(C)C)cccc2c1.CC(C)(C)c1ccc2cccc(C(C)(C)C)c2c1.CC(C)(C)c1cccc2c(C(C)(C)C)cccc12.CC(C)(C)c1cccc2cccc(C(C)(C)C)c12.c1ccc2ccccc2c1. The van der Waals surface area contributed by atoms with Crippen LogP contribution in [0.15, 0.2) is 231 Å². The van der Waals surface area contributed by atoms with Crippen molar-refractivity contribution in [2.75, 3.05) is 0 Å². The molecule has 0 aliphatic heterocycles. The lowest BCUT2D eigenvalue weighted by atomic mass is 9.77. The monoisotopic (exact) mass is 1470 g/mol. The third kappa shape index (κ3) is 27.8. The van der Waals surface area contributed by atoms with Gasteiger partial charge in [0.25, 0.3) is 0 Å². The summed E-state index contributed by atoms with van der Waals surface area (Å²) in [6.45, 7) is 85.9. The molecule has 0 heterocycles. The summed E-state index contributed by atoms with van der Waals surface area (Å²) in [5.74, 6) is 0. The number of rotatable bonds is 0. The number of hydrogen-bond donors (Lipinski definition) is 0. The van der Waals surface area contributed by atoms with E-state index in [2.05, 4.69) is 494 Å². The van der Waals surface area contributed by atoms with E-state index in [1.807, 2.05) is 0 Å². The van der Waals surface area contributed by atoms with Crippen molar-refractivity contribution in [1.82, 2.24) is 0 Å². The molecule has 0 saturated heterocycles. The van der Waals surface area contributed by atoms with Gasteiger partial charge in [-0.15, -0.1) is 0 Å². The van der Waals surface area contributed by atoms with Crippen LogP contribution < -0.4 is 0 Å². The highest BCUT2D eigenvalue weighted by atomic mass is 14.3. The van der Waals surface area contributed by atoms with Crippen LogP contribution in [0.4, 0.5) is 0 Å². The second kappa shape index (κ2) is 35.9. The van der Waals surface area contributed by atoms with Gasteiger partial charge in [0.1, 0.15) is 0 Å². The van der Waals surface area contributed by atoms with E-state index in [1.165, 1.54) is 120 Å². The zero-order valence-electron chi connectivity index (χ0n) is 76.9. The second-order valence-electron chi connectivity index (χ2n) is 44.5. The fourth-order valence-electron chi connectivity index (χ4n) is 13.7. The molecule has 0 saturated carbocycles. The van der Waals surface area contributed by atoms with Crippen molar-refractivity contribution in [3.63, 3.8) is 0 Å². The van der Waals surface area contributed by atoms with Crippen molar-refractivity contribution < 1.29 is 0 Å². The third-order valence-electron chi connectivity index (χ3n) is 19.4. The number of fused-ring (bicyclic) bond motifs is 6. The number of hydrogen-bond acceptors (Lipinski definition) is 0. The summed E-state index contributed by atoms with van der Waals surface area (Å²) in [4.78, 5) is 0. The van der Waals surface area contributed by atoms with Crippen LogP contribution in [0.3, 0.4) is 0 Å². The quantitative estimate of drug-likeness (QED) is 0.142. The summed E-state index contributed by atoms with van der Waals surface area (Å²) in [6.07, 6.45) is 0. The highest BCUT2D eigenvalue weighted by molar-refractivity contribution is 5.93. The van der Waals surface area contributed by atoms with Crippen LogP contribution >= 0.6 is 0 Å². The van der Waals surface area contributed by atoms with Gasteiger partial charge in [-0.2, -0.15) is 0 Å².